The molecule has 1 aromatic carbocycles. The van der Waals surface area contributed by atoms with Crippen LogP contribution in [0.1, 0.15) is 41.6 Å². The number of benzene rings is 1. The van der Waals surface area contributed by atoms with Crippen molar-refractivity contribution < 1.29 is 27.9 Å². The summed E-state index contributed by atoms with van der Waals surface area (Å²) in [5.41, 5.74) is -1.39. The number of carbonyl (C=O) groups is 2. The molecule has 2 fully saturated rings. The first-order valence-electron chi connectivity index (χ1n) is 11.4. The first kappa shape index (κ1) is 26.7. The van der Waals surface area contributed by atoms with E-state index < -0.39 is 29.2 Å². The van der Waals surface area contributed by atoms with E-state index in [0.29, 0.717) is 37.5 Å². The molecule has 2 amide bonds. The molecular weight excluding hydrogens is 463 g/mol. The lowest BCUT2D eigenvalue weighted by molar-refractivity contribution is -0.137. The van der Waals surface area contributed by atoms with Crippen LogP contribution in [-0.2, 0) is 11.0 Å². The van der Waals surface area contributed by atoms with Crippen molar-refractivity contribution in [2.75, 3.05) is 26.7 Å². The van der Waals surface area contributed by atoms with E-state index in [0.717, 1.165) is 31.0 Å². The van der Waals surface area contributed by atoms with Crippen molar-refractivity contribution in [3.05, 3.63) is 59.8 Å². The number of hydrogen-bond acceptors (Lipinski definition) is 6. The van der Waals surface area contributed by atoms with Gasteiger partial charge in [0.05, 0.1) is 23.8 Å². The van der Waals surface area contributed by atoms with Gasteiger partial charge in [-0.25, -0.2) is 5.84 Å². The number of likely N-dealkylation sites (tertiary alicyclic amines) is 1. The number of carbonyl (C=O) groups excluding carboxylic acids is 2. The predicted molar refractivity (Wildman–Crippen MR) is 125 cm³/mol. The Morgan fingerprint density at radius 2 is 1.97 bits per heavy atom. The van der Waals surface area contributed by atoms with Crippen LogP contribution in [0.4, 0.5) is 13.2 Å². The highest BCUT2D eigenvalue weighted by Gasteiger charge is 2.40. The van der Waals surface area contributed by atoms with Crippen LogP contribution >= 0.6 is 0 Å². The Labute approximate surface area is 202 Å². The zero-order valence-electron chi connectivity index (χ0n) is 19.6. The van der Waals surface area contributed by atoms with Gasteiger partial charge in [0.15, 0.2) is 0 Å². The summed E-state index contributed by atoms with van der Waals surface area (Å²) >= 11 is 0. The van der Waals surface area contributed by atoms with E-state index in [2.05, 4.69) is 22.1 Å². The summed E-state index contributed by atoms with van der Waals surface area (Å²) in [5, 5.41) is 17.5. The van der Waals surface area contributed by atoms with E-state index in [1.165, 1.54) is 11.1 Å². The number of rotatable bonds is 8. The first-order chi connectivity index (χ1) is 16.4. The van der Waals surface area contributed by atoms with Crippen LogP contribution in [0.2, 0.25) is 0 Å². The van der Waals surface area contributed by atoms with Crippen molar-refractivity contribution in [1.82, 2.24) is 20.5 Å². The number of alkyl halides is 3. The summed E-state index contributed by atoms with van der Waals surface area (Å²) in [6.45, 7) is 4.98. The standard InChI is InChI=1S/C24H32F3N5O3/c1-16(8-11-31(2)28)23(35)9-6-20(7-10-23)32-14-19(15-32)30-21(33)13-29-22(34)17-4-3-5-18(12-17)24(25,26)27/h3-5,8,11-12,19-20,35H,1,6-7,9-10,13-15,28H2,2H3,(H,29,34)(H,30,33)/b11-8-. The van der Waals surface area contributed by atoms with Crippen molar-refractivity contribution in [2.24, 2.45) is 5.84 Å². The van der Waals surface area contributed by atoms with Gasteiger partial charge in [0, 0.05) is 37.9 Å². The second kappa shape index (κ2) is 10.8. The summed E-state index contributed by atoms with van der Waals surface area (Å²) in [4.78, 5) is 26.5. The Kier molecular flexibility index (Phi) is 8.24. The maximum Gasteiger partial charge on any atom is 0.416 e. The Morgan fingerprint density at radius 3 is 2.57 bits per heavy atom. The third kappa shape index (κ3) is 7.06. The quantitative estimate of drug-likeness (QED) is 0.249. The minimum Gasteiger partial charge on any atom is -0.385 e. The zero-order valence-corrected chi connectivity index (χ0v) is 19.6. The molecule has 5 N–H and O–H groups in total. The van der Waals surface area contributed by atoms with Gasteiger partial charge < -0.3 is 20.7 Å². The maximum absolute atomic E-state index is 12.8. The number of nitrogens with one attached hydrogen (secondary N) is 2. The second-order valence-electron chi connectivity index (χ2n) is 9.25. The van der Waals surface area contributed by atoms with Crippen LogP contribution < -0.4 is 16.5 Å². The van der Waals surface area contributed by atoms with Gasteiger partial charge in [0.1, 0.15) is 0 Å². The minimum absolute atomic E-state index is 0.0632. The molecule has 0 bridgehead atoms. The highest BCUT2D eigenvalue weighted by Crippen LogP contribution is 2.37. The first-order valence-corrected chi connectivity index (χ1v) is 11.4. The van der Waals surface area contributed by atoms with Gasteiger partial charge in [-0.05, 0) is 55.5 Å². The normalized spacial score (nSPS) is 23.5. The molecule has 1 aliphatic carbocycles. The largest absolute Gasteiger partial charge is 0.416 e. The number of nitrogens with zero attached hydrogens (tertiary/aromatic N) is 2. The Hall–Kier alpha value is -2.89. The number of hydrazine groups is 1. The summed E-state index contributed by atoms with van der Waals surface area (Å²) in [7, 11) is 1.69. The summed E-state index contributed by atoms with van der Waals surface area (Å²) in [6, 6.07) is 4.29. The molecule has 0 atom stereocenters. The highest BCUT2D eigenvalue weighted by molar-refractivity contribution is 5.96. The topological polar surface area (TPSA) is 111 Å². The van der Waals surface area contributed by atoms with Crippen molar-refractivity contribution in [2.45, 2.75) is 49.5 Å². The van der Waals surface area contributed by atoms with Crippen LogP contribution in [-0.4, -0.2) is 71.2 Å². The number of halogens is 3. The van der Waals surface area contributed by atoms with E-state index in [1.54, 1.807) is 19.3 Å². The third-order valence-electron chi connectivity index (χ3n) is 6.54. The summed E-state index contributed by atoms with van der Waals surface area (Å²) in [6.07, 6.45) is 1.60. The van der Waals surface area contributed by atoms with Crippen molar-refractivity contribution in [3.63, 3.8) is 0 Å². The van der Waals surface area contributed by atoms with E-state index in [1.807, 2.05) is 0 Å². The molecule has 0 unspecified atom stereocenters. The molecule has 192 valence electrons. The van der Waals surface area contributed by atoms with Crippen LogP contribution in [0.5, 0.6) is 0 Å². The molecule has 8 nitrogen and oxygen atoms in total. The fourth-order valence-electron chi connectivity index (χ4n) is 4.41. The Morgan fingerprint density at radius 1 is 1.31 bits per heavy atom. The molecule has 35 heavy (non-hydrogen) atoms. The average molecular weight is 496 g/mol. The summed E-state index contributed by atoms with van der Waals surface area (Å²) in [5.74, 6) is 4.41. The molecule has 1 saturated heterocycles. The lowest BCUT2D eigenvalue weighted by atomic mass is 9.76. The average Bonchev–Trinajstić information content (AvgIpc) is 2.78. The fraction of sp³-hybridized carbons (Fsp3) is 0.500. The number of aliphatic hydroxyl groups is 1. The molecule has 0 spiro atoms. The SMILES string of the molecule is C=C(/C=C\N(C)N)C1(O)CCC(N2CC(NC(=O)CNC(=O)c3cccc(C(F)(F)F)c3)C2)CC1. The smallest absolute Gasteiger partial charge is 0.385 e. The van der Waals surface area contributed by atoms with Gasteiger partial charge in [-0.15, -0.1) is 0 Å². The zero-order chi connectivity index (χ0) is 25.8. The third-order valence-corrected chi connectivity index (χ3v) is 6.54. The van der Waals surface area contributed by atoms with Crippen LogP contribution in [0.15, 0.2) is 48.7 Å². The monoisotopic (exact) mass is 495 g/mol. The van der Waals surface area contributed by atoms with E-state index >= 15 is 0 Å². The molecule has 0 radical (unpaired) electrons. The van der Waals surface area contributed by atoms with Gasteiger partial charge in [0.25, 0.3) is 5.91 Å². The van der Waals surface area contributed by atoms with Crippen molar-refractivity contribution in [1.29, 1.82) is 0 Å². The minimum atomic E-state index is -4.55. The second-order valence-corrected chi connectivity index (χ2v) is 9.25. The number of amides is 2. The van der Waals surface area contributed by atoms with Crippen LogP contribution in [0, 0.1) is 0 Å². The van der Waals surface area contributed by atoms with Crippen molar-refractivity contribution in [3.8, 4) is 0 Å². The molecule has 0 aromatic heterocycles. The van der Waals surface area contributed by atoms with Gasteiger partial charge in [-0.2, -0.15) is 13.2 Å². The lowest BCUT2D eigenvalue weighted by Crippen LogP contribution is -2.63. The van der Waals surface area contributed by atoms with Gasteiger partial charge in [-0.1, -0.05) is 12.6 Å². The molecule has 1 heterocycles. The summed E-state index contributed by atoms with van der Waals surface area (Å²) < 4.78 is 38.4. The van der Waals surface area contributed by atoms with E-state index in [4.69, 9.17) is 5.84 Å². The molecule has 2 aliphatic rings. The highest BCUT2D eigenvalue weighted by atomic mass is 19.4. The molecule has 1 saturated carbocycles. The van der Waals surface area contributed by atoms with Crippen LogP contribution in [0.25, 0.3) is 0 Å². The predicted octanol–water partition coefficient (Wildman–Crippen LogP) is 1.78. The van der Waals surface area contributed by atoms with E-state index in [-0.39, 0.29) is 18.2 Å². The van der Waals surface area contributed by atoms with Gasteiger partial charge in [-0.3, -0.25) is 14.5 Å². The number of nitrogens with two attached hydrogens (primary N) is 1. The van der Waals surface area contributed by atoms with Crippen LogP contribution in [0.3, 0.4) is 0 Å². The van der Waals surface area contributed by atoms with Crippen molar-refractivity contribution >= 4 is 11.8 Å². The molecule has 1 aliphatic heterocycles. The molecule has 3 rings (SSSR count). The molecule has 1 aromatic rings. The van der Waals surface area contributed by atoms with E-state index in [9.17, 15) is 27.9 Å². The Bertz CT molecular complexity index is 965. The fourth-order valence-corrected chi connectivity index (χ4v) is 4.41. The molecular formula is C24H32F3N5O3. The maximum atomic E-state index is 12.8. The van der Waals surface area contributed by atoms with Gasteiger partial charge >= 0.3 is 6.18 Å². The molecule has 11 heteroatoms. The Balaban J connectivity index is 1.37. The number of hydrogen-bond donors (Lipinski definition) is 4. The lowest BCUT2D eigenvalue weighted by Gasteiger charge is -2.48. The van der Waals surface area contributed by atoms with Gasteiger partial charge in [0.2, 0.25) is 5.91 Å².